The maximum absolute atomic E-state index is 13.2. The minimum atomic E-state index is -0.854. The maximum Gasteiger partial charge on any atom is 0.338 e. The number of esters is 1. The lowest BCUT2D eigenvalue weighted by molar-refractivity contribution is -0.119. The SMILES string of the molecule is O=C(COC(=O)c1ccc2c(c1)C(=O)N(c1ccc(F)cc1)C2=O)Nc1ccc(Cl)cn1. The Hall–Kier alpha value is -4.11. The van der Waals surface area contributed by atoms with Gasteiger partial charge < -0.3 is 10.1 Å². The molecule has 1 aliphatic rings. The second kappa shape index (κ2) is 8.56. The van der Waals surface area contributed by atoms with E-state index in [1.807, 2.05) is 0 Å². The monoisotopic (exact) mass is 453 g/mol. The van der Waals surface area contributed by atoms with Crippen molar-refractivity contribution in [2.45, 2.75) is 0 Å². The number of benzene rings is 2. The summed E-state index contributed by atoms with van der Waals surface area (Å²) in [5, 5.41) is 2.84. The second-order valence-electron chi connectivity index (χ2n) is 6.67. The molecule has 0 bridgehead atoms. The minimum Gasteiger partial charge on any atom is -0.452 e. The van der Waals surface area contributed by atoms with Gasteiger partial charge in [-0.15, -0.1) is 0 Å². The fraction of sp³-hybridized carbons (Fsp3) is 0.0455. The number of hydrogen-bond donors (Lipinski definition) is 1. The number of rotatable bonds is 5. The Bertz CT molecular complexity index is 1250. The number of aromatic nitrogens is 1. The van der Waals surface area contributed by atoms with E-state index >= 15 is 0 Å². The Labute approximate surface area is 185 Å². The largest absolute Gasteiger partial charge is 0.452 e. The number of anilines is 2. The van der Waals surface area contributed by atoms with E-state index in [2.05, 4.69) is 10.3 Å². The van der Waals surface area contributed by atoms with Gasteiger partial charge in [-0.3, -0.25) is 14.4 Å². The van der Waals surface area contributed by atoms with E-state index in [0.717, 1.165) is 17.0 Å². The van der Waals surface area contributed by atoms with Gasteiger partial charge in [-0.05, 0) is 54.6 Å². The van der Waals surface area contributed by atoms with Crippen LogP contribution in [0.2, 0.25) is 5.02 Å². The van der Waals surface area contributed by atoms with Crippen molar-refractivity contribution in [2.75, 3.05) is 16.8 Å². The molecule has 1 aliphatic heterocycles. The molecule has 8 nitrogen and oxygen atoms in total. The van der Waals surface area contributed by atoms with Crippen LogP contribution in [-0.2, 0) is 9.53 Å². The van der Waals surface area contributed by atoms with Crippen molar-refractivity contribution in [3.05, 3.63) is 88.3 Å². The van der Waals surface area contributed by atoms with E-state index < -0.39 is 36.1 Å². The number of nitrogens with zero attached hydrogens (tertiary/aromatic N) is 2. The average molecular weight is 454 g/mol. The van der Waals surface area contributed by atoms with E-state index in [4.69, 9.17) is 16.3 Å². The predicted octanol–water partition coefficient (Wildman–Crippen LogP) is 3.47. The molecule has 4 rings (SSSR count). The first-order valence-electron chi connectivity index (χ1n) is 9.20. The van der Waals surface area contributed by atoms with Crippen LogP contribution in [0, 0.1) is 5.82 Å². The molecule has 160 valence electrons. The zero-order valence-corrected chi connectivity index (χ0v) is 16.9. The number of fused-ring (bicyclic) bond motifs is 1. The number of imide groups is 1. The van der Waals surface area contributed by atoms with Gasteiger partial charge in [0.1, 0.15) is 11.6 Å². The highest BCUT2D eigenvalue weighted by molar-refractivity contribution is 6.34. The van der Waals surface area contributed by atoms with Crippen LogP contribution in [0.3, 0.4) is 0 Å². The first-order valence-corrected chi connectivity index (χ1v) is 9.58. The lowest BCUT2D eigenvalue weighted by atomic mass is 10.1. The van der Waals surface area contributed by atoms with Gasteiger partial charge in [0.25, 0.3) is 17.7 Å². The lowest BCUT2D eigenvalue weighted by Gasteiger charge is -2.13. The first kappa shape index (κ1) is 21.1. The molecule has 10 heteroatoms. The minimum absolute atomic E-state index is 0.00332. The molecule has 0 radical (unpaired) electrons. The highest BCUT2D eigenvalue weighted by Crippen LogP contribution is 2.29. The quantitative estimate of drug-likeness (QED) is 0.468. The number of nitrogens with one attached hydrogen (secondary N) is 1. The van der Waals surface area contributed by atoms with Gasteiger partial charge in [0.05, 0.1) is 27.4 Å². The Balaban J connectivity index is 1.44. The van der Waals surface area contributed by atoms with Gasteiger partial charge >= 0.3 is 5.97 Å². The number of hydrogen-bond acceptors (Lipinski definition) is 6. The molecular formula is C22H13ClFN3O5. The summed E-state index contributed by atoms with van der Waals surface area (Å²) in [7, 11) is 0. The van der Waals surface area contributed by atoms with Gasteiger partial charge in [-0.1, -0.05) is 11.6 Å². The topological polar surface area (TPSA) is 106 Å². The Kier molecular flexibility index (Phi) is 5.65. The molecule has 1 aromatic heterocycles. The Morgan fingerprint density at radius 3 is 2.41 bits per heavy atom. The van der Waals surface area contributed by atoms with Crippen LogP contribution in [0.5, 0.6) is 0 Å². The molecule has 0 saturated heterocycles. The van der Waals surface area contributed by atoms with Crippen LogP contribution in [0.1, 0.15) is 31.1 Å². The van der Waals surface area contributed by atoms with Gasteiger partial charge in [0, 0.05) is 6.20 Å². The molecule has 1 N–H and O–H groups in total. The highest BCUT2D eigenvalue weighted by atomic mass is 35.5. The van der Waals surface area contributed by atoms with E-state index in [0.29, 0.717) is 5.02 Å². The van der Waals surface area contributed by atoms with Crippen molar-refractivity contribution in [3.63, 3.8) is 0 Å². The molecule has 32 heavy (non-hydrogen) atoms. The highest BCUT2D eigenvalue weighted by Gasteiger charge is 2.37. The van der Waals surface area contributed by atoms with Gasteiger partial charge in [-0.2, -0.15) is 0 Å². The molecule has 3 aromatic rings. The summed E-state index contributed by atoms with van der Waals surface area (Å²) in [6, 6.07) is 11.8. The summed E-state index contributed by atoms with van der Waals surface area (Å²) in [4.78, 5) is 54.4. The maximum atomic E-state index is 13.2. The summed E-state index contributed by atoms with van der Waals surface area (Å²) in [5.74, 6) is -3.00. The third-order valence-corrected chi connectivity index (χ3v) is 4.76. The third-order valence-electron chi connectivity index (χ3n) is 4.54. The van der Waals surface area contributed by atoms with Gasteiger partial charge in [0.2, 0.25) is 0 Å². The predicted molar refractivity (Wildman–Crippen MR) is 112 cm³/mol. The van der Waals surface area contributed by atoms with Crippen molar-refractivity contribution >= 4 is 46.8 Å². The van der Waals surface area contributed by atoms with Crippen molar-refractivity contribution in [1.29, 1.82) is 0 Å². The average Bonchev–Trinajstić information content (AvgIpc) is 3.04. The molecule has 0 unspecified atom stereocenters. The smallest absolute Gasteiger partial charge is 0.338 e. The van der Waals surface area contributed by atoms with E-state index in [1.54, 1.807) is 0 Å². The van der Waals surface area contributed by atoms with Crippen LogP contribution in [0.25, 0.3) is 0 Å². The third kappa shape index (κ3) is 4.19. The molecule has 0 fully saturated rings. The zero-order valence-electron chi connectivity index (χ0n) is 16.2. The van der Waals surface area contributed by atoms with Crippen LogP contribution < -0.4 is 10.2 Å². The number of ether oxygens (including phenoxy) is 1. The van der Waals surface area contributed by atoms with Crippen molar-refractivity contribution in [3.8, 4) is 0 Å². The molecule has 0 aliphatic carbocycles. The van der Waals surface area contributed by atoms with Crippen LogP contribution in [0.4, 0.5) is 15.9 Å². The standard InChI is InChI=1S/C22H13ClFN3O5/c23-13-2-8-18(25-10-13)26-19(28)11-32-22(31)12-1-7-16-17(9-12)21(30)27(20(16)29)15-5-3-14(24)4-6-15/h1-10H,11H2,(H,25,26,28). The van der Waals surface area contributed by atoms with Gasteiger partial charge in [-0.25, -0.2) is 19.1 Å². The molecule has 0 atom stereocenters. The summed E-state index contributed by atoms with van der Waals surface area (Å²) < 4.78 is 18.1. The van der Waals surface area contributed by atoms with Crippen molar-refractivity contribution in [1.82, 2.24) is 4.98 Å². The molecule has 0 saturated carbocycles. The molecule has 2 aromatic carbocycles. The van der Waals surface area contributed by atoms with Gasteiger partial charge in [0.15, 0.2) is 6.61 Å². The fourth-order valence-electron chi connectivity index (χ4n) is 3.04. The summed E-state index contributed by atoms with van der Waals surface area (Å²) >= 11 is 5.72. The molecule has 2 heterocycles. The number of carbonyl (C=O) groups is 4. The lowest BCUT2D eigenvalue weighted by Crippen LogP contribution is -2.29. The summed E-state index contributed by atoms with van der Waals surface area (Å²) in [6.45, 7) is -0.588. The van der Waals surface area contributed by atoms with E-state index in [9.17, 15) is 23.6 Å². The second-order valence-corrected chi connectivity index (χ2v) is 7.10. The van der Waals surface area contributed by atoms with Crippen LogP contribution >= 0.6 is 11.6 Å². The molecule has 0 spiro atoms. The van der Waals surface area contributed by atoms with E-state index in [-0.39, 0.29) is 28.2 Å². The van der Waals surface area contributed by atoms with Crippen molar-refractivity contribution in [2.24, 2.45) is 0 Å². The summed E-state index contributed by atoms with van der Waals surface area (Å²) in [6.07, 6.45) is 1.35. The Morgan fingerprint density at radius 2 is 1.72 bits per heavy atom. The number of pyridine rings is 1. The number of amides is 3. The van der Waals surface area contributed by atoms with E-state index in [1.165, 1.54) is 48.7 Å². The summed E-state index contributed by atoms with van der Waals surface area (Å²) in [5.41, 5.74) is 0.295. The number of halogens is 2. The van der Waals surface area contributed by atoms with Crippen LogP contribution in [0.15, 0.2) is 60.8 Å². The number of carbonyl (C=O) groups excluding carboxylic acids is 4. The normalized spacial score (nSPS) is 12.5. The molecular weight excluding hydrogens is 441 g/mol. The van der Waals surface area contributed by atoms with Crippen molar-refractivity contribution < 1.29 is 28.3 Å². The van der Waals surface area contributed by atoms with Crippen LogP contribution in [-0.4, -0.2) is 35.3 Å². The Morgan fingerprint density at radius 1 is 1.00 bits per heavy atom. The molecule has 3 amide bonds. The zero-order chi connectivity index (χ0) is 22.8. The first-order chi connectivity index (χ1) is 15.3. The fourth-order valence-corrected chi connectivity index (χ4v) is 3.15.